The molecule has 2 heterocycles. The van der Waals surface area contributed by atoms with Crippen molar-refractivity contribution in [3.05, 3.63) is 21.4 Å². The number of nitrogens with one attached hydrogen (secondary N) is 1. The molecule has 0 radical (unpaired) electrons. The molecule has 0 unspecified atom stereocenters. The fraction of sp³-hybridized carbons (Fsp3) is 0.375. The molecule has 0 saturated heterocycles. The van der Waals surface area contributed by atoms with Crippen molar-refractivity contribution in [1.29, 1.82) is 0 Å². The maximum absolute atomic E-state index is 4.36. The van der Waals surface area contributed by atoms with Gasteiger partial charge in [-0.1, -0.05) is 0 Å². The topological polar surface area (TPSA) is 24.9 Å². The number of hydrogen-bond acceptors (Lipinski definition) is 2. The van der Waals surface area contributed by atoms with Gasteiger partial charge in [-0.3, -0.25) is 0 Å². The molecule has 1 aromatic heterocycles. The molecule has 12 heavy (non-hydrogen) atoms. The van der Waals surface area contributed by atoms with E-state index in [1.54, 1.807) is 0 Å². The molecule has 0 atom stereocenters. The van der Waals surface area contributed by atoms with Gasteiger partial charge in [0.15, 0.2) is 0 Å². The van der Waals surface area contributed by atoms with E-state index in [0.29, 0.717) is 0 Å². The van der Waals surface area contributed by atoms with Gasteiger partial charge in [0.25, 0.3) is 0 Å². The van der Waals surface area contributed by atoms with Crippen LogP contribution < -0.4 is 63.5 Å². The number of aryl methyl sites for hydroxylation is 1. The van der Waals surface area contributed by atoms with Crippen molar-refractivity contribution in [2.75, 3.05) is 11.9 Å². The normalized spacial score (nSPS) is 14.1. The molecule has 0 saturated carbocycles. The Kier molecular flexibility index (Phi) is 5.19. The van der Waals surface area contributed by atoms with Crippen LogP contribution in [-0.4, -0.2) is 11.5 Å². The van der Waals surface area contributed by atoms with Gasteiger partial charge < -0.3 is 10.3 Å². The first-order chi connectivity index (χ1) is 5.36. The van der Waals surface area contributed by atoms with E-state index < -0.39 is 0 Å². The molecule has 1 aromatic rings. The summed E-state index contributed by atoms with van der Waals surface area (Å²) in [5.41, 5.74) is 1.23. The number of aromatic nitrogens is 1. The maximum atomic E-state index is 4.36. The summed E-state index contributed by atoms with van der Waals surface area (Å²) in [6.45, 7) is 1.05. The first kappa shape index (κ1) is 11.6. The van der Waals surface area contributed by atoms with Crippen LogP contribution in [0.2, 0.25) is 0 Å². The molecule has 0 aromatic carbocycles. The van der Waals surface area contributed by atoms with E-state index in [9.17, 15) is 0 Å². The van der Waals surface area contributed by atoms with Crippen LogP contribution in [-0.2, 0) is 6.42 Å². The quantitative estimate of drug-likeness (QED) is 0.365. The minimum absolute atomic E-state index is 0. The van der Waals surface area contributed by atoms with Crippen LogP contribution in [0.5, 0.6) is 0 Å². The summed E-state index contributed by atoms with van der Waals surface area (Å²) in [7, 11) is 0. The predicted octanol–water partition coefficient (Wildman–Crippen LogP) is -1.15. The van der Waals surface area contributed by atoms with Crippen molar-refractivity contribution in [2.24, 2.45) is 0 Å². The zero-order chi connectivity index (χ0) is 7.68. The van der Waals surface area contributed by atoms with Gasteiger partial charge in [-0.25, -0.2) is 0 Å². The van der Waals surface area contributed by atoms with Gasteiger partial charge in [-0.2, -0.15) is 6.07 Å². The smallest absolute Gasteiger partial charge is 0.422 e. The Morgan fingerprint density at radius 2 is 2.42 bits per heavy atom. The molecule has 4 heteroatoms. The van der Waals surface area contributed by atoms with E-state index in [2.05, 4.69) is 39.0 Å². The second kappa shape index (κ2) is 5.39. The van der Waals surface area contributed by atoms with Gasteiger partial charge in [-0.15, -0.1) is 34.2 Å². The Bertz CT molecular complexity index is 278. The van der Waals surface area contributed by atoms with E-state index in [1.807, 2.05) is 6.07 Å². The Balaban J connectivity index is 0.000000720. The summed E-state index contributed by atoms with van der Waals surface area (Å²) >= 11 is 2.20. The number of nitrogens with zero attached hydrogens (tertiary/aromatic N) is 1. The molecular weight excluding hydrogens is 336 g/mol. The Hall–Kier alpha value is 1.49. The molecule has 0 aliphatic carbocycles. The van der Waals surface area contributed by atoms with Gasteiger partial charge in [0.05, 0.1) is 0 Å². The van der Waals surface area contributed by atoms with Crippen LogP contribution in [0.3, 0.4) is 0 Å². The minimum Gasteiger partial charge on any atom is -0.422 e. The van der Waals surface area contributed by atoms with Crippen LogP contribution >= 0.6 is 22.6 Å². The molecule has 2 nitrogen and oxygen atoms in total. The number of pyridine rings is 1. The molecule has 0 spiro atoms. The molecule has 1 aliphatic heterocycles. The molecule has 0 bridgehead atoms. The SMILES string of the molecule is Ic1c[c-]c2c(n1)NCCC2.[Rb+]. The molecule has 0 amide bonds. The molecule has 58 valence electrons. The van der Waals surface area contributed by atoms with Gasteiger partial charge >= 0.3 is 58.2 Å². The summed E-state index contributed by atoms with van der Waals surface area (Å²) in [4.78, 5) is 4.36. The Morgan fingerprint density at radius 3 is 3.25 bits per heavy atom. The predicted molar refractivity (Wildman–Crippen MR) is 52.6 cm³/mol. The van der Waals surface area contributed by atoms with Crippen molar-refractivity contribution >= 4 is 28.4 Å². The van der Waals surface area contributed by atoms with Crippen LogP contribution in [0.1, 0.15) is 12.0 Å². The van der Waals surface area contributed by atoms with E-state index in [4.69, 9.17) is 0 Å². The van der Waals surface area contributed by atoms with E-state index in [0.717, 1.165) is 22.5 Å². The van der Waals surface area contributed by atoms with Crippen molar-refractivity contribution in [3.8, 4) is 0 Å². The summed E-state index contributed by atoms with van der Waals surface area (Å²) in [6, 6.07) is 5.16. The van der Waals surface area contributed by atoms with Crippen molar-refractivity contribution < 1.29 is 58.2 Å². The van der Waals surface area contributed by atoms with Gasteiger partial charge in [0, 0.05) is 12.4 Å². The van der Waals surface area contributed by atoms with Gasteiger partial charge in [0.2, 0.25) is 0 Å². The number of hydrogen-bond donors (Lipinski definition) is 1. The summed E-state index contributed by atoms with van der Waals surface area (Å²) in [6.07, 6.45) is 2.32. The average molecular weight is 345 g/mol. The third-order valence-corrected chi connectivity index (χ3v) is 2.32. The molecule has 1 aliphatic rings. The van der Waals surface area contributed by atoms with Crippen molar-refractivity contribution in [1.82, 2.24) is 4.98 Å². The zero-order valence-electron chi connectivity index (χ0n) is 7.02. The Labute approximate surface area is 135 Å². The number of rotatable bonds is 0. The molecule has 2 rings (SSSR count). The first-order valence-corrected chi connectivity index (χ1v) is 4.75. The summed E-state index contributed by atoms with van der Waals surface area (Å²) in [5.74, 6) is 1.03. The number of fused-ring (bicyclic) bond motifs is 1. The number of anilines is 1. The van der Waals surface area contributed by atoms with Crippen LogP contribution in [0.25, 0.3) is 0 Å². The fourth-order valence-corrected chi connectivity index (χ4v) is 1.63. The molecular formula is C8H8IN2Rb. The van der Waals surface area contributed by atoms with Gasteiger partial charge in [0.1, 0.15) is 0 Å². The van der Waals surface area contributed by atoms with E-state index >= 15 is 0 Å². The van der Waals surface area contributed by atoms with Crippen molar-refractivity contribution in [3.63, 3.8) is 0 Å². The van der Waals surface area contributed by atoms with E-state index in [1.165, 1.54) is 12.0 Å². The third kappa shape index (κ3) is 2.74. The van der Waals surface area contributed by atoms with Crippen LogP contribution in [0.4, 0.5) is 5.82 Å². The summed E-state index contributed by atoms with van der Waals surface area (Å²) in [5, 5.41) is 3.26. The van der Waals surface area contributed by atoms with Crippen LogP contribution in [0.15, 0.2) is 6.07 Å². The Morgan fingerprint density at radius 1 is 1.58 bits per heavy atom. The monoisotopic (exact) mass is 344 g/mol. The second-order valence-corrected chi connectivity index (χ2v) is 3.69. The largest absolute Gasteiger partial charge is 1.00 e. The second-order valence-electron chi connectivity index (χ2n) is 2.58. The van der Waals surface area contributed by atoms with Crippen molar-refractivity contribution in [2.45, 2.75) is 12.8 Å². The summed E-state index contributed by atoms with van der Waals surface area (Å²) < 4.78 is 1.01. The number of halogens is 1. The molecule has 0 fully saturated rings. The van der Waals surface area contributed by atoms with E-state index in [-0.39, 0.29) is 58.2 Å². The van der Waals surface area contributed by atoms with Crippen LogP contribution in [0, 0.1) is 9.77 Å². The first-order valence-electron chi connectivity index (χ1n) is 3.67. The van der Waals surface area contributed by atoms with Gasteiger partial charge in [-0.05, 0) is 16.5 Å². The average Bonchev–Trinajstić information content (AvgIpc) is 2.04. The zero-order valence-corrected chi connectivity index (χ0v) is 14.1. The standard InChI is InChI=1S/C8H8IN2.Rb/c9-7-4-3-6-2-1-5-10-8(6)11-7;/h4H,1-2,5H2,(H,10,11);/q-1;+1. The third-order valence-electron chi connectivity index (χ3n) is 1.77. The minimum atomic E-state index is 0. The maximum Gasteiger partial charge on any atom is 1.00 e. The fourth-order valence-electron chi connectivity index (χ4n) is 1.23. The molecule has 1 N–H and O–H groups in total.